The molecule has 0 bridgehead atoms. The summed E-state index contributed by atoms with van der Waals surface area (Å²) in [6.07, 6.45) is 0.673. The third-order valence-corrected chi connectivity index (χ3v) is 6.73. The Morgan fingerprint density at radius 3 is 2.56 bits per heavy atom. The number of methoxy groups -OCH3 is 1. The van der Waals surface area contributed by atoms with E-state index in [2.05, 4.69) is 20.0 Å². The van der Waals surface area contributed by atoms with Gasteiger partial charge in [0.05, 0.1) is 17.2 Å². The quantitative estimate of drug-likeness (QED) is 0.385. The fourth-order valence-electron chi connectivity index (χ4n) is 3.11. The van der Waals surface area contributed by atoms with Crippen molar-refractivity contribution in [3.05, 3.63) is 64.7 Å². The lowest BCUT2D eigenvalue weighted by Crippen LogP contribution is -2.27. The number of hydrogen-bond acceptors (Lipinski definition) is 7. The Morgan fingerprint density at radius 1 is 1.09 bits per heavy atom. The molecule has 3 aromatic rings. The molecular weight excluding hydrogens is 450 g/mol. The minimum atomic E-state index is -3.54. The Bertz CT molecular complexity index is 1170. The van der Waals surface area contributed by atoms with E-state index in [0.717, 1.165) is 16.7 Å². The second kappa shape index (κ2) is 10.7. The van der Waals surface area contributed by atoms with Crippen molar-refractivity contribution in [2.24, 2.45) is 0 Å². The molecule has 0 aliphatic heterocycles. The first-order chi connectivity index (χ1) is 15.3. The van der Waals surface area contributed by atoms with Gasteiger partial charge in [-0.3, -0.25) is 0 Å². The van der Waals surface area contributed by atoms with Crippen LogP contribution in [-0.4, -0.2) is 45.2 Å². The van der Waals surface area contributed by atoms with Crippen LogP contribution in [0.15, 0.2) is 53.4 Å². The van der Waals surface area contributed by atoms with Crippen molar-refractivity contribution >= 4 is 33.4 Å². The SMILES string of the molecule is COCCNS(=O)(=O)c1ccc(CCNc2cc(-c3cccc(Cl)c3C)nc(N)n2)cc1. The Morgan fingerprint density at radius 2 is 1.84 bits per heavy atom. The Balaban J connectivity index is 1.63. The van der Waals surface area contributed by atoms with Gasteiger partial charge in [0.25, 0.3) is 0 Å². The summed E-state index contributed by atoms with van der Waals surface area (Å²) in [6.45, 7) is 3.06. The Kier molecular flexibility index (Phi) is 8.03. The van der Waals surface area contributed by atoms with E-state index in [9.17, 15) is 8.42 Å². The highest BCUT2D eigenvalue weighted by molar-refractivity contribution is 7.89. The van der Waals surface area contributed by atoms with Crippen LogP contribution in [0.3, 0.4) is 0 Å². The minimum absolute atomic E-state index is 0.167. The van der Waals surface area contributed by atoms with Gasteiger partial charge in [-0.05, 0) is 42.7 Å². The standard InChI is InChI=1S/C22H26ClN5O3S/c1-15-18(4-3-5-19(15)23)20-14-21(28-22(24)27-20)25-11-10-16-6-8-17(9-7-16)32(29,30)26-12-13-31-2/h3-9,14,26H,10-13H2,1-2H3,(H3,24,25,27,28). The van der Waals surface area contributed by atoms with Crippen LogP contribution in [0.25, 0.3) is 11.3 Å². The summed E-state index contributed by atoms with van der Waals surface area (Å²) < 4.78 is 31.8. The van der Waals surface area contributed by atoms with E-state index >= 15 is 0 Å². The van der Waals surface area contributed by atoms with Crippen molar-refractivity contribution < 1.29 is 13.2 Å². The highest BCUT2D eigenvalue weighted by Crippen LogP contribution is 2.28. The van der Waals surface area contributed by atoms with Crippen molar-refractivity contribution in [3.8, 4) is 11.3 Å². The maximum Gasteiger partial charge on any atom is 0.240 e. The first-order valence-corrected chi connectivity index (χ1v) is 11.9. The number of nitrogen functional groups attached to an aromatic ring is 1. The highest BCUT2D eigenvalue weighted by Gasteiger charge is 2.13. The first kappa shape index (κ1) is 23.9. The molecule has 0 atom stereocenters. The topological polar surface area (TPSA) is 119 Å². The zero-order valence-electron chi connectivity index (χ0n) is 17.9. The Hall–Kier alpha value is -2.72. The molecule has 0 spiro atoms. The molecule has 10 heteroatoms. The molecule has 170 valence electrons. The van der Waals surface area contributed by atoms with E-state index in [4.69, 9.17) is 22.1 Å². The van der Waals surface area contributed by atoms with Crippen molar-refractivity contribution in [2.75, 3.05) is 37.9 Å². The van der Waals surface area contributed by atoms with Crippen LogP contribution in [0.4, 0.5) is 11.8 Å². The van der Waals surface area contributed by atoms with Gasteiger partial charge in [-0.2, -0.15) is 4.98 Å². The number of aromatic nitrogens is 2. The molecule has 4 N–H and O–H groups in total. The molecule has 3 rings (SSSR count). The van der Waals surface area contributed by atoms with E-state index in [0.29, 0.717) is 36.1 Å². The number of rotatable bonds is 10. The van der Waals surface area contributed by atoms with Crippen molar-refractivity contribution in [2.45, 2.75) is 18.2 Å². The molecule has 0 saturated heterocycles. The zero-order chi connectivity index (χ0) is 23.1. The van der Waals surface area contributed by atoms with Crippen LogP contribution < -0.4 is 15.8 Å². The van der Waals surface area contributed by atoms with Gasteiger partial charge in [0, 0.05) is 36.9 Å². The summed E-state index contributed by atoms with van der Waals surface area (Å²) in [4.78, 5) is 8.80. The molecule has 1 heterocycles. The number of benzene rings is 2. The van der Waals surface area contributed by atoms with Crippen molar-refractivity contribution in [1.82, 2.24) is 14.7 Å². The molecule has 0 saturated carbocycles. The van der Waals surface area contributed by atoms with E-state index < -0.39 is 10.0 Å². The third kappa shape index (κ3) is 6.17. The molecule has 1 aromatic heterocycles. The van der Waals surface area contributed by atoms with Gasteiger partial charge in [0.1, 0.15) is 5.82 Å². The molecule has 0 radical (unpaired) electrons. The predicted molar refractivity (Wildman–Crippen MR) is 127 cm³/mol. The predicted octanol–water partition coefficient (Wildman–Crippen LogP) is 3.27. The third-order valence-electron chi connectivity index (χ3n) is 4.84. The molecule has 0 amide bonds. The van der Waals surface area contributed by atoms with Crippen LogP contribution in [0.1, 0.15) is 11.1 Å². The number of hydrogen-bond donors (Lipinski definition) is 3. The summed E-state index contributed by atoms with van der Waals surface area (Å²) in [5, 5.41) is 3.91. The average Bonchev–Trinajstić information content (AvgIpc) is 2.76. The van der Waals surface area contributed by atoms with Gasteiger partial charge in [0.15, 0.2) is 0 Å². The molecule has 0 fully saturated rings. The number of anilines is 2. The van der Waals surface area contributed by atoms with Crippen molar-refractivity contribution in [3.63, 3.8) is 0 Å². The minimum Gasteiger partial charge on any atom is -0.383 e. The fourth-order valence-corrected chi connectivity index (χ4v) is 4.30. The number of halogens is 1. The molecule has 32 heavy (non-hydrogen) atoms. The number of nitrogens with zero attached hydrogens (tertiary/aromatic N) is 2. The summed E-state index contributed by atoms with van der Waals surface area (Å²) in [7, 11) is -2.02. The van der Waals surface area contributed by atoms with Gasteiger partial charge < -0.3 is 15.8 Å². The lowest BCUT2D eigenvalue weighted by atomic mass is 10.1. The van der Waals surface area contributed by atoms with Crippen LogP contribution in [0, 0.1) is 6.92 Å². The first-order valence-electron chi connectivity index (χ1n) is 10.0. The fraction of sp³-hybridized carbons (Fsp3) is 0.273. The van der Waals surface area contributed by atoms with Gasteiger partial charge in [0.2, 0.25) is 16.0 Å². The molecule has 8 nitrogen and oxygen atoms in total. The van der Waals surface area contributed by atoms with Crippen LogP contribution in [0.2, 0.25) is 5.02 Å². The summed E-state index contributed by atoms with van der Waals surface area (Å²) in [6, 6.07) is 14.2. The second-order valence-electron chi connectivity index (χ2n) is 7.12. The van der Waals surface area contributed by atoms with E-state index in [-0.39, 0.29) is 17.4 Å². The molecule has 2 aromatic carbocycles. The summed E-state index contributed by atoms with van der Waals surface area (Å²) in [5.41, 5.74) is 9.40. The monoisotopic (exact) mass is 475 g/mol. The van der Waals surface area contributed by atoms with Crippen LogP contribution >= 0.6 is 11.6 Å². The zero-order valence-corrected chi connectivity index (χ0v) is 19.5. The molecule has 0 unspecified atom stereocenters. The van der Waals surface area contributed by atoms with Gasteiger partial charge >= 0.3 is 0 Å². The number of nitrogens with two attached hydrogens (primary N) is 1. The molecular formula is C22H26ClN5O3S. The van der Waals surface area contributed by atoms with Gasteiger partial charge in [-0.15, -0.1) is 0 Å². The second-order valence-corrected chi connectivity index (χ2v) is 9.29. The summed E-state index contributed by atoms with van der Waals surface area (Å²) in [5.74, 6) is 0.772. The van der Waals surface area contributed by atoms with E-state index in [1.54, 1.807) is 24.3 Å². The van der Waals surface area contributed by atoms with Crippen LogP contribution in [0.5, 0.6) is 0 Å². The maximum absolute atomic E-state index is 12.2. The highest BCUT2D eigenvalue weighted by atomic mass is 35.5. The van der Waals surface area contributed by atoms with Crippen molar-refractivity contribution in [1.29, 1.82) is 0 Å². The lowest BCUT2D eigenvalue weighted by Gasteiger charge is -2.11. The lowest BCUT2D eigenvalue weighted by molar-refractivity contribution is 0.204. The molecule has 0 aliphatic rings. The van der Waals surface area contributed by atoms with Gasteiger partial charge in [-0.25, -0.2) is 18.1 Å². The molecule has 0 aliphatic carbocycles. The maximum atomic E-state index is 12.2. The largest absolute Gasteiger partial charge is 0.383 e. The van der Waals surface area contributed by atoms with Crippen LogP contribution in [-0.2, 0) is 21.2 Å². The van der Waals surface area contributed by atoms with E-state index in [1.807, 2.05) is 31.2 Å². The number of ether oxygens (including phenoxy) is 1. The Labute approximate surface area is 193 Å². The average molecular weight is 476 g/mol. The van der Waals surface area contributed by atoms with Gasteiger partial charge in [-0.1, -0.05) is 35.9 Å². The van der Waals surface area contributed by atoms with E-state index in [1.165, 1.54) is 7.11 Å². The number of sulfonamides is 1. The smallest absolute Gasteiger partial charge is 0.240 e. The summed E-state index contributed by atoms with van der Waals surface area (Å²) >= 11 is 6.23. The number of nitrogens with one attached hydrogen (secondary N) is 2. The normalized spacial score (nSPS) is 11.5.